The predicted octanol–water partition coefficient (Wildman–Crippen LogP) is 5.02. The minimum Gasteiger partial charge on any atom is -0.452 e. The zero-order valence-electron chi connectivity index (χ0n) is 14.1. The number of para-hydroxylation sites is 1. The fourth-order valence-corrected chi connectivity index (χ4v) is 3.77. The van der Waals surface area contributed by atoms with Crippen molar-refractivity contribution in [3.63, 3.8) is 0 Å². The topological polar surface area (TPSA) is 59.9 Å². The van der Waals surface area contributed by atoms with Gasteiger partial charge in [-0.15, -0.1) is 10.2 Å². The highest BCUT2D eigenvalue weighted by Crippen LogP contribution is 2.37. The molecular formula is C19H17ClN4OS. The lowest BCUT2D eigenvalue weighted by Crippen LogP contribution is -2.24. The SMILES string of the molecule is CC[C@H]1Nc2ccccc2-c2nnc(SCc3ccccc3Cl)nc2O1. The molecule has 1 aromatic heterocycles. The van der Waals surface area contributed by atoms with Crippen LogP contribution in [0.25, 0.3) is 11.3 Å². The number of hydrogen-bond acceptors (Lipinski definition) is 6. The summed E-state index contributed by atoms with van der Waals surface area (Å²) in [4.78, 5) is 4.60. The van der Waals surface area contributed by atoms with E-state index >= 15 is 0 Å². The van der Waals surface area contributed by atoms with E-state index in [0.29, 0.717) is 22.5 Å². The summed E-state index contributed by atoms with van der Waals surface area (Å²) in [5.74, 6) is 1.18. The summed E-state index contributed by atoms with van der Waals surface area (Å²) in [6, 6.07) is 15.7. The standard InChI is InChI=1S/C19H17ClN4OS/c1-2-16-21-15-10-6-4-8-13(15)17-18(25-16)22-19(24-23-17)26-11-12-7-3-5-9-14(12)20/h3-10,16,21H,2,11H2,1H3/t16-/m0/s1. The summed E-state index contributed by atoms with van der Waals surface area (Å²) in [6.45, 7) is 2.06. The smallest absolute Gasteiger partial charge is 0.247 e. The van der Waals surface area contributed by atoms with Crippen LogP contribution in [0.15, 0.2) is 53.7 Å². The first-order valence-corrected chi connectivity index (χ1v) is 9.74. The molecule has 1 atom stereocenters. The molecule has 5 nitrogen and oxygen atoms in total. The molecule has 0 spiro atoms. The van der Waals surface area contributed by atoms with E-state index in [0.717, 1.165) is 28.3 Å². The highest BCUT2D eigenvalue weighted by atomic mass is 35.5. The van der Waals surface area contributed by atoms with Crippen LogP contribution in [-0.4, -0.2) is 21.4 Å². The Morgan fingerprint density at radius 2 is 1.92 bits per heavy atom. The average molecular weight is 385 g/mol. The summed E-state index contributed by atoms with van der Waals surface area (Å²) in [7, 11) is 0. The highest BCUT2D eigenvalue weighted by Gasteiger charge is 2.23. The van der Waals surface area contributed by atoms with Crippen molar-refractivity contribution < 1.29 is 4.74 Å². The summed E-state index contributed by atoms with van der Waals surface area (Å²) in [5, 5.41) is 13.4. The Labute approximate surface area is 161 Å². The first-order chi connectivity index (χ1) is 12.7. The third-order valence-corrected chi connectivity index (χ3v) is 5.33. The van der Waals surface area contributed by atoms with Gasteiger partial charge in [-0.25, -0.2) is 0 Å². The number of rotatable bonds is 4. The van der Waals surface area contributed by atoms with E-state index < -0.39 is 0 Å². The Bertz CT molecular complexity index is 937. The molecule has 3 aromatic rings. The van der Waals surface area contributed by atoms with Crippen molar-refractivity contribution in [2.75, 3.05) is 5.32 Å². The zero-order chi connectivity index (χ0) is 17.9. The van der Waals surface area contributed by atoms with Crippen molar-refractivity contribution >= 4 is 29.1 Å². The van der Waals surface area contributed by atoms with Gasteiger partial charge in [0.1, 0.15) is 0 Å². The van der Waals surface area contributed by atoms with Gasteiger partial charge >= 0.3 is 0 Å². The fraction of sp³-hybridized carbons (Fsp3) is 0.211. The zero-order valence-corrected chi connectivity index (χ0v) is 15.7. The Morgan fingerprint density at radius 1 is 1.12 bits per heavy atom. The van der Waals surface area contributed by atoms with E-state index in [2.05, 4.69) is 27.4 Å². The van der Waals surface area contributed by atoms with E-state index in [1.807, 2.05) is 48.5 Å². The molecule has 4 rings (SSSR count). The Balaban J connectivity index is 1.64. The van der Waals surface area contributed by atoms with E-state index in [1.54, 1.807) is 0 Å². The number of benzene rings is 2. The highest BCUT2D eigenvalue weighted by molar-refractivity contribution is 7.98. The number of fused-ring (bicyclic) bond motifs is 3. The maximum Gasteiger partial charge on any atom is 0.247 e. The van der Waals surface area contributed by atoms with Gasteiger partial charge in [0.2, 0.25) is 11.0 Å². The minimum atomic E-state index is -0.157. The van der Waals surface area contributed by atoms with Crippen molar-refractivity contribution in [1.82, 2.24) is 15.2 Å². The third-order valence-electron chi connectivity index (χ3n) is 4.07. The third kappa shape index (κ3) is 3.48. The summed E-state index contributed by atoms with van der Waals surface area (Å²) in [5.41, 5.74) is 3.62. The fourth-order valence-electron chi connectivity index (χ4n) is 2.71. The number of ether oxygens (including phenoxy) is 1. The van der Waals surface area contributed by atoms with Crippen LogP contribution in [-0.2, 0) is 5.75 Å². The lowest BCUT2D eigenvalue weighted by molar-refractivity contribution is 0.216. The number of thioether (sulfide) groups is 1. The minimum absolute atomic E-state index is 0.157. The van der Waals surface area contributed by atoms with Crippen molar-refractivity contribution in [1.29, 1.82) is 0 Å². The van der Waals surface area contributed by atoms with E-state index in [1.165, 1.54) is 11.8 Å². The van der Waals surface area contributed by atoms with Crippen LogP contribution in [0.1, 0.15) is 18.9 Å². The van der Waals surface area contributed by atoms with E-state index in [-0.39, 0.29) is 6.23 Å². The van der Waals surface area contributed by atoms with Crippen LogP contribution in [0.2, 0.25) is 5.02 Å². The van der Waals surface area contributed by atoms with Gasteiger partial charge in [0.15, 0.2) is 11.9 Å². The molecule has 7 heteroatoms. The molecule has 0 unspecified atom stereocenters. The Kier molecular flexibility index (Phi) is 4.95. The van der Waals surface area contributed by atoms with Gasteiger partial charge < -0.3 is 10.1 Å². The molecule has 132 valence electrons. The van der Waals surface area contributed by atoms with Crippen LogP contribution in [0.3, 0.4) is 0 Å². The average Bonchev–Trinajstić information content (AvgIpc) is 2.83. The van der Waals surface area contributed by atoms with Crippen LogP contribution in [0.5, 0.6) is 5.88 Å². The van der Waals surface area contributed by atoms with E-state index in [4.69, 9.17) is 16.3 Å². The van der Waals surface area contributed by atoms with Gasteiger partial charge in [0.05, 0.1) is 0 Å². The van der Waals surface area contributed by atoms with Gasteiger partial charge in [-0.3, -0.25) is 0 Å². The van der Waals surface area contributed by atoms with E-state index in [9.17, 15) is 0 Å². The number of hydrogen-bond donors (Lipinski definition) is 1. The summed E-state index contributed by atoms with van der Waals surface area (Å²) in [6.07, 6.45) is 0.649. The molecule has 1 aliphatic heterocycles. The lowest BCUT2D eigenvalue weighted by atomic mass is 10.1. The van der Waals surface area contributed by atoms with Crippen molar-refractivity contribution in [3.8, 4) is 17.1 Å². The second-order valence-corrected chi connectivity index (χ2v) is 7.18. The first kappa shape index (κ1) is 17.1. The molecule has 0 saturated carbocycles. The molecule has 0 radical (unpaired) electrons. The molecule has 0 bridgehead atoms. The van der Waals surface area contributed by atoms with Gasteiger partial charge in [-0.05, 0) is 17.7 Å². The van der Waals surface area contributed by atoms with Crippen molar-refractivity contribution in [3.05, 3.63) is 59.1 Å². The van der Waals surface area contributed by atoms with Crippen LogP contribution in [0, 0.1) is 0 Å². The molecular weight excluding hydrogens is 368 g/mol. The molecule has 26 heavy (non-hydrogen) atoms. The molecule has 0 amide bonds. The summed E-state index contributed by atoms with van der Waals surface area (Å²) >= 11 is 7.71. The molecule has 1 N–H and O–H groups in total. The van der Waals surface area contributed by atoms with Gasteiger partial charge in [-0.2, -0.15) is 4.98 Å². The van der Waals surface area contributed by atoms with Crippen molar-refractivity contribution in [2.24, 2.45) is 0 Å². The molecule has 1 aliphatic rings. The maximum absolute atomic E-state index is 6.22. The number of aromatic nitrogens is 3. The molecule has 2 aromatic carbocycles. The molecule has 0 aliphatic carbocycles. The number of nitrogens with one attached hydrogen (secondary N) is 1. The first-order valence-electron chi connectivity index (χ1n) is 8.38. The van der Waals surface area contributed by atoms with Crippen LogP contribution >= 0.6 is 23.4 Å². The van der Waals surface area contributed by atoms with Gasteiger partial charge in [-0.1, -0.05) is 66.7 Å². The molecule has 0 saturated heterocycles. The predicted molar refractivity (Wildman–Crippen MR) is 105 cm³/mol. The lowest BCUT2D eigenvalue weighted by Gasteiger charge is -2.16. The Morgan fingerprint density at radius 3 is 2.77 bits per heavy atom. The molecule has 0 fully saturated rings. The molecule has 2 heterocycles. The van der Waals surface area contributed by atoms with Crippen molar-refractivity contribution in [2.45, 2.75) is 30.5 Å². The monoisotopic (exact) mass is 384 g/mol. The maximum atomic E-state index is 6.22. The number of halogens is 1. The largest absolute Gasteiger partial charge is 0.452 e. The Hall–Kier alpha value is -2.31. The number of nitrogens with zero attached hydrogens (tertiary/aromatic N) is 3. The normalized spacial score (nSPS) is 15.2. The van der Waals surface area contributed by atoms with Gasteiger partial charge in [0.25, 0.3) is 0 Å². The quantitative estimate of drug-likeness (QED) is 0.637. The van der Waals surface area contributed by atoms with Crippen LogP contribution in [0.4, 0.5) is 5.69 Å². The second-order valence-electron chi connectivity index (χ2n) is 5.83. The number of anilines is 1. The summed E-state index contributed by atoms with van der Waals surface area (Å²) < 4.78 is 6.04. The van der Waals surface area contributed by atoms with Gasteiger partial charge in [0, 0.05) is 28.4 Å². The van der Waals surface area contributed by atoms with Crippen LogP contribution < -0.4 is 10.1 Å². The second kappa shape index (κ2) is 7.51.